The molecule has 0 aliphatic heterocycles. The summed E-state index contributed by atoms with van der Waals surface area (Å²) in [5.41, 5.74) is 7.48. The Bertz CT molecular complexity index is 1180. The quantitative estimate of drug-likeness (QED) is 0.300. The second-order valence-corrected chi connectivity index (χ2v) is 9.84. The van der Waals surface area contributed by atoms with E-state index < -0.39 is 5.97 Å². The molecule has 3 aromatic rings. The Morgan fingerprint density at radius 2 is 1.57 bits per heavy atom. The number of carboxylic acids is 1. The van der Waals surface area contributed by atoms with Gasteiger partial charge in [0.25, 0.3) is 5.91 Å². The molecule has 184 valence electrons. The van der Waals surface area contributed by atoms with E-state index in [4.69, 9.17) is 0 Å². The minimum Gasteiger partial charge on any atom is -0.481 e. The summed E-state index contributed by atoms with van der Waals surface area (Å²) < 4.78 is 0. The fraction of sp³-hybridized carbons (Fsp3) is 0.333. The van der Waals surface area contributed by atoms with Gasteiger partial charge in [0.2, 0.25) is 0 Å². The fourth-order valence-electron chi connectivity index (χ4n) is 4.41. The van der Waals surface area contributed by atoms with Crippen molar-refractivity contribution in [1.82, 2.24) is 5.32 Å². The van der Waals surface area contributed by atoms with E-state index in [0.717, 1.165) is 45.6 Å². The minimum absolute atomic E-state index is 0.0303. The van der Waals surface area contributed by atoms with Crippen LogP contribution in [0.15, 0.2) is 60.7 Å². The van der Waals surface area contributed by atoms with Gasteiger partial charge in [0.1, 0.15) is 0 Å². The molecule has 35 heavy (non-hydrogen) atoms. The largest absolute Gasteiger partial charge is 0.481 e. The van der Waals surface area contributed by atoms with Crippen LogP contribution in [-0.4, -0.2) is 17.0 Å². The fourth-order valence-corrected chi connectivity index (χ4v) is 4.41. The molecule has 0 spiro atoms. The van der Waals surface area contributed by atoms with Crippen LogP contribution in [0.5, 0.6) is 0 Å². The van der Waals surface area contributed by atoms with Crippen molar-refractivity contribution in [2.75, 3.05) is 5.32 Å². The molecule has 0 saturated heterocycles. The highest BCUT2D eigenvalue weighted by atomic mass is 16.4. The Balaban J connectivity index is 1.93. The number of aryl methyl sites for hydroxylation is 4. The van der Waals surface area contributed by atoms with E-state index in [1.807, 2.05) is 57.2 Å². The lowest BCUT2D eigenvalue weighted by Crippen LogP contribution is -2.30. The summed E-state index contributed by atoms with van der Waals surface area (Å²) in [7, 11) is 0. The third kappa shape index (κ3) is 7.71. The minimum atomic E-state index is -0.883. The Morgan fingerprint density at radius 3 is 2.20 bits per heavy atom. The van der Waals surface area contributed by atoms with Gasteiger partial charge in [0.05, 0.1) is 6.04 Å². The Kier molecular flexibility index (Phi) is 8.69. The molecular weight excluding hydrogens is 436 g/mol. The molecular formula is C30H36N2O3. The van der Waals surface area contributed by atoms with E-state index in [9.17, 15) is 14.7 Å². The average molecular weight is 473 g/mol. The van der Waals surface area contributed by atoms with Gasteiger partial charge in [-0.3, -0.25) is 9.59 Å². The highest BCUT2D eigenvalue weighted by Crippen LogP contribution is 2.26. The van der Waals surface area contributed by atoms with Gasteiger partial charge in [-0.2, -0.15) is 0 Å². The zero-order valence-corrected chi connectivity index (χ0v) is 21.3. The molecule has 0 fully saturated rings. The number of amides is 1. The molecule has 0 aromatic heterocycles. The number of anilines is 2. The first-order chi connectivity index (χ1) is 16.6. The lowest BCUT2D eigenvalue weighted by atomic mass is 9.94. The third-order valence-corrected chi connectivity index (χ3v) is 5.93. The van der Waals surface area contributed by atoms with Crippen LogP contribution in [-0.2, 0) is 11.2 Å². The maximum Gasteiger partial charge on any atom is 0.303 e. The van der Waals surface area contributed by atoms with Crippen molar-refractivity contribution in [3.8, 4) is 0 Å². The van der Waals surface area contributed by atoms with Crippen LogP contribution in [0.3, 0.4) is 0 Å². The van der Waals surface area contributed by atoms with Crippen LogP contribution in [0.1, 0.15) is 70.9 Å². The summed E-state index contributed by atoms with van der Waals surface area (Å²) >= 11 is 0. The van der Waals surface area contributed by atoms with Crippen LogP contribution < -0.4 is 10.6 Å². The zero-order chi connectivity index (χ0) is 25.5. The standard InChI is InChI=1S/C30H36N2O3/c1-19(2)13-28(24-8-6-7-20(3)15-24)32-30(35)27-18-25(11-9-23(27)10-12-29(33)34)31-26-16-21(4)14-22(5)17-26/h6-9,11,14-19,28,31H,10,12-13H2,1-5H3,(H,32,35)(H,33,34)/t28-/m1/s1. The molecule has 0 saturated carbocycles. The Hall–Kier alpha value is -3.60. The summed E-state index contributed by atoms with van der Waals surface area (Å²) in [4.78, 5) is 24.8. The summed E-state index contributed by atoms with van der Waals surface area (Å²) in [6, 6.07) is 19.9. The van der Waals surface area contributed by atoms with E-state index in [2.05, 4.69) is 48.7 Å². The zero-order valence-electron chi connectivity index (χ0n) is 21.3. The number of carbonyl (C=O) groups is 2. The molecule has 5 heteroatoms. The number of nitrogens with one attached hydrogen (secondary N) is 2. The van der Waals surface area contributed by atoms with E-state index in [-0.39, 0.29) is 18.4 Å². The molecule has 3 N–H and O–H groups in total. The Labute approximate surface area is 208 Å². The molecule has 0 aliphatic carbocycles. The van der Waals surface area contributed by atoms with Crippen molar-refractivity contribution < 1.29 is 14.7 Å². The van der Waals surface area contributed by atoms with E-state index in [0.29, 0.717) is 17.9 Å². The highest BCUT2D eigenvalue weighted by molar-refractivity contribution is 5.97. The van der Waals surface area contributed by atoms with Crippen LogP contribution in [0.25, 0.3) is 0 Å². The number of benzene rings is 3. The molecule has 0 heterocycles. The topological polar surface area (TPSA) is 78.4 Å². The van der Waals surface area contributed by atoms with Crippen molar-refractivity contribution in [3.05, 3.63) is 94.0 Å². The monoisotopic (exact) mass is 472 g/mol. The molecule has 0 aliphatic rings. The number of carboxylic acid groups (broad SMARTS) is 1. The SMILES string of the molecule is Cc1cc(C)cc(Nc2ccc(CCC(=O)O)c(C(=O)N[C@H](CC(C)C)c3cccc(C)c3)c2)c1. The lowest BCUT2D eigenvalue weighted by molar-refractivity contribution is -0.136. The van der Waals surface area contributed by atoms with Crippen LogP contribution in [0, 0.1) is 26.7 Å². The van der Waals surface area contributed by atoms with E-state index in [1.165, 1.54) is 0 Å². The lowest BCUT2D eigenvalue weighted by Gasteiger charge is -2.23. The third-order valence-electron chi connectivity index (χ3n) is 5.93. The summed E-state index contributed by atoms with van der Waals surface area (Å²) in [5, 5.41) is 15.8. The highest BCUT2D eigenvalue weighted by Gasteiger charge is 2.20. The van der Waals surface area contributed by atoms with Gasteiger partial charge < -0.3 is 15.7 Å². The predicted octanol–water partition coefficient (Wildman–Crippen LogP) is 6.89. The average Bonchev–Trinajstić information content (AvgIpc) is 2.76. The first kappa shape index (κ1) is 26.0. The maximum atomic E-state index is 13.6. The van der Waals surface area contributed by atoms with Gasteiger partial charge >= 0.3 is 5.97 Å². The molecule has 0 radical (unpaired) electrons. The van der Waals surface area contributed by atoms with Crippen molar-refractivity contribution in [2.24, 2.45) is 5.92 Å². The number of carbonyl (C=O) groups excluding carboxylic acids is 1. The van der Waals surface area contributed by atoms with Gasteiger partial charge in [0.15, 0.2) is 0 Å². The number of aliphatic carboxylic acids is 1. The second-order valence-electron chi connectivity index (χ2n) is 9.84. The molecule has 1 atom stereocenters. The summed E-state index contributed by atoms with van der Waals surface area (Å²) in [6.07, 6.45) is 1.07. The van der Waals surface area contributed by atoms with Crippen LogP contribution in [0.2, 0.25) is 0 Å². The first-order valence-electron chi connectivity index (χ1n) is 12.2. The maximum absolute atomic E-state index is 13.6. The Morgan fingerprint density at radius 1 is 0.857 bits per heavy atom. The van der Waals surface area contributed by atoms with Crippen LogP contribution >= 0.6 is 0 Å². The smallest absolute Gasteiger partial charge is 0.303 e. The van der Waals surface area contributed by atoms with Gasteiger partial charge in [-0.15, -0.1) is 0 Å². The van der Waals surface area contributed by atoms with Crippen LogP contribution in [0.4, 0.5) is 11.4 Å². The first-order valence-corrected chi connectivity index (χ1v) is 12.2. The second kappa shape index (κ2) is 11.7. The molecule has 3 rings (SSSR count). The predicted molar refractivity (Wildman–Crippen MR) is 142 cm³/mol. The van der Waals surface area contributed by atoms with Crippen molar-refractivity contribution in [3.63, 3.8) is 0 Å². The van der Waals surface area contributed by atoms with Crippen molar-refractivity contribution in [1.29, 1.82) is 0 Å². The van der Waals surface area contributed by atoms with Gasteiger partial charge in [0, 0.05) is 23.4 Å². The van der Waals surface area contributed by atoms with Gasteiger partial charge in [-0.05, 0) is 86.1 Å². The van der Waals surface area contributed by atoms with E-state index in [1.54, 1.807) is 0 Å². The molecule has 1 amide bonds. The molecule has 3 aromatic carbocycles. The number of hydrogen-bond acceptors (Lipinski definition) is 3. The number of rotatable bonds is 10. The van der Waals surface area contributed by atoms with E-state index >= 15 is 0 Å². The van der Waals surface area contributed by atoms with Crippen molar-refractivity contribution >= 4 is 23.3 Å². The molecule has 0 bridgehead atoms. The normalized spacial score (nSPS) is 11.8. The van der Waals surface area contributed by atoms with Gasteiger partial charge in [-0.1, -0.05) is 55.8 Å². The molecule has 0 unspecified atom stereocenters. The molecule has 5 nitrogen and oxygen atoms in total. The number of hydrogen-bond donors (Lipinski definition) is 3. The van der Waals surface area contributed by atoms with Crippen molar-refractivity contribution in [2.45, 2.75) is 59.9 Å². The summed E-state index contributed by atoms with van der Waals surface area (Å²) in [6.45, 7) is 10.4. The van der Waals surface area contributed by atoms with Gasteiger partial charge in [-0.25, -0.2) is 0 Å². The summed E-state index contributed by atoms with van der Waals surface area (Å²) in [5.74, 6) is -0.683.